The molecule has 2 aromatic rings. The second kappa shape index (κ2) is 6.30. The Morgan fingerprint density at radius 1 is 1.26 bits per heavy atom. The number of halogens is 1. The van der Waals surface area contributed by atoms with Gasteiger partial charge in [0.15, 0.2) is 0 Å². The molecular weight excluding hydrogens is 304 g/mol. The third-order valence-electron chi connectivity index (χ3n) is 2.70. The van der Waals surface area contributed by atoms with Crippen LogP contribution in [0.2, 0.25) is 0 Å². The van der Waals surface area contributed by atoms with Gasteiger partial charge in [0, 0.05) is 36.0 Å². The van der Waals surface area contributed by atoms with Crippen molar-refractivity contribution in [3.05, 3.63) is 41.1 Å². The second-order valence-corrected chi connectivity index (χ2v) is 5.03. The highest BCUT2D eigenvalue weighted by molar-refractivity contribution is 9.10. The number of aromatic nitrogens is 2. The fraction of sp³-hybridized carbons (Fsp3) is 0.214. The molecule has 2 rings (SSSR count). The lowest BCUT2D eigenvalue weighted by Gasteiger charge is -2.15. The molecule has 0 saturated heterocycles. The largest absolute Gasteiger partial charge is 0.343 e. The molecule has 19 heavy (non-hydrogen) atoms. The van der Waals surface area contributed by atoms with E-state index in [0.29, 0.717) is 18.9 Å². The van der Waals surface area contributed by atoms with Gasteiger partial charge in [-0.3, -0.25) is 0 Å². The monoisotopic (exact) mass is 316 g/mol. The van der Waals surface area contributed by atoms with Crippen molar-refractivity contribution in [3.8, 4) is 17.2 Å². The standard InChI is InChI=1S/C14H13BrN4/c1-19(7-3-6-16)14-17-9-12(10-18-14)11-4-2-5-13(15)8-11/h2,4-5,8-10H,3,7H2,1H3. The van der Waals surface area contributed by atoms with Crippen LogP contribution in [0.4, 0.5) is 5.95 Å². The Morgan fingerprint density at radius 2 is 2.00 bits per heavy atom. The lowest BCUT2D eigenvalue weighted by molar-refractivity contribution is 0.859. The summed E-state index contributed by atoms with van der Waals surface area (Å²) < 4.78 is 1.03. The van der Waals surface area contributed by atoms with Gasteiger partial charge in [-0.05, 0) is 17.7 Å². The highest BCUT2D eigenvalue weighted by Crippen LogP contribution is 2.22. The van der Waals surface area contributed by atoms with Gasteiger partial charge in [-0.25, -0.2) is 9.97 Å². The van der Waals surface area contributed by atoms with Crippen LogP contribution in [-0.2, 0) is 0 Å². The Labute approximate surface area is 120 Å². The predicted molar refractivity (Wildman–Crippen MR) is 78.7 cm³/mol. The molecule has 0 aliphatic heterocycles. The molecule has 96 valence electrons. The molecule has 1 aromatic heterocycles. The number of nitriles is 1. The van der Waals surface area contributed by atoms with Crippen LogP contribution in [0.5, 0.6) is 0 Å². The maximum absolute atomic E-state index is 8.56. The van der Waals surface area contributed by atoms with E-state index in [2.05, 4.69) is 32.0 Å². The van der Waals surface area contributed by atoms with Crippen molar-refractivity contribution in [2.75, 3.05) is 18.5 Å². The number of benzene rings is 1. The third-order valence-corrected chi connectivity index (χ3v) is 3.19. The Balaban J connectivity index is 2.17. The van der Waals surface area contributed by atoms with Gasteiger partial charge < -0.3 is 4.90 Å². The van der Waals surface area contributed by atoms with Gasteiger partial charge in [-0.1, -0.05) is 28.1 Å². The molecule has 0 radical (unpaired) electrons. The average molecular weight is 317 g/mol. The van der Waals surface area contributed by atoms with Crippen molar-refractivity contribution in [2.24, 2.45) is 0 Å². The normalized spacial score (nSPS) is 9.95. The minimum absolute atomic E-state index is 0.466. The van der Waals surface area contributed by atoms with Crippen LogP contribution in [0.3, 0.4) is 0 Å². The molecule has 0 saturated carbocycles. The van der Waals surface area contributed by atoms with Crippen LogP contribution in [0.25, 0.3) is 11.1 Å². The van der Waals surface area contributed by atoms with Crippen molar-refractivity contribution in [1.82, 2.24) is 9.97 Å². The number of hydrogen-bond acceptors (Lipinski definition) is 4. The second-order valence-electron chi connectivity index (χ2n) is 4.11. The van der Waals surface area contributed by atoms with E-state index >= 15 is 0 Å². The summed E-state index contributed by atoms with van der Waals surface area (Å²) in [4.78, 5) is 10.5. The highest BCUT2D eigenvalue weighted by atomic mass is 79.9. The summed E-state index contributed by atoms with van der Waals surface area (Å²) in [5.74, 6) is 0.633. The van der Waals surface area contributed by atoms with Gasteiger partial charge in [0.05, 0.1) is 12.5 Å². The van der Waals surface area contributed by atoms with Crippen LogP contribution in [0, 0.1) is 11.3 Å². The van der Waals surface area contributed by atoms with Crippen LogP contribution in [-0.4, -0.2) is 23.6 Å². The molecule has 0 unspecified atom stereocenters. The van der Waals surface area contributed by atoms with Crippen molar-refractivity contribution >= 4 is 21.9 Å². The summed E-state index contributed by atoms with van der Waals surface area (Å²) in [5.41, 5.74) is 2.04. The van der Waals surface area contributed by atoms with E-state index in [9.17, 15) is 0 Å². The average Bonchev–Trinajstić information content (AvgIpc) is 2.45. The highest BCUT2D eigenvalue weighted by Gasteiger charge is 2.05. The first-order valence-electron chi connectivity index (χ1n) is 5.87. The quantitative estimate of drug-likeness (QED) is 0.868. The SMILES string of the molecule is CN(CCC#N)c1ncc(-c2cccc(Br)c2)cn1. The summed E-state index contributed by atoms with van der Waals surface area (Å²) in [7, 11) is 1.88. The molecule has 0 aliphatic rings. The van der Waals surface area contributed by atoms with Gasteiger partial charge in [0.25, 0.3) is 0 Å². The third kappa shape index (κ3) is 3.52. The van der Waals surface area contributed by atoms with E-state index in [1.54, 1.807) is 12.4 Å². The van der Waals surface area contributed by atoms with Gasteiger partial charge in [-0.15, -0.1) is 0 Å². The lowest BCUT2D eigenvalue weighted by atomic mass is 10.1. The number of hydrogen-bond donors (Lipinski definition) is 0. The Morgan fingerprint density at radius 3 is 2.63 bits per heavy atom. The molecule has 0 amide bonds. The molecule has 0 spiro atoms. The number of rotatable bonds is 4. The molecule has 1 aromatic carbocycles. The van der Waals surface area contributed by atoms with Crippen LogP contribution < -0.4 is 4.90 Å². The van der Waals surface area contributed by atoms with E-state index in [-0.39, 0.29) is 0 Å². The molecule has 0 atom stereocenters. The molecular formula is C14H13BrN4. The van der Waals surface area contributed by atoms with E-state index in [1.807, 2.05) is 36.2 Å². The molecule has 4 nitrogen and oxygen atoms in total. The summed E-state index contributed by atoms with van der Waals surface area (Å²) in [5, 5.41) is 8.56. The van der Waals surface area contributed by atoms with Gasteiger partial charge >= 0.3 is 0 Å². The molecule has 0 bridgehead atoms. The van der Waals surface area contributed by atoms with Gasteiger partial charge in [0.2, 0.25) is 5.95 Å². The minimum atomic E-state index is 0.466. The first-order chi connectivity index (χ1) is 9.20. The zero-order valence-electron chi connectivity index (χ0n) is 10.5. The molecule has 0 N–H and O–H groups in total. The zero-order valence-corrected chi connectivity index (χ0v) is 12.1. The first kappa shape index (κ1) is 13.5. The van der Waals surface area contributed by atoms with Crippen molar-refractivity contribution < 1.29 is 0 Å². The Kier molecular flexibility index (Phi) is 4.48. The van der Waals surface area contributed by atoms with E-state index in [1.165, 1.54) is 0 Å². The van der Waals surface area contributed by atoms with Crippen molar-refractivity contribution in [3.63, 3.8) is 0 Å². The van der Waals surface area contributed by atoms with Crippen LogP contribution >= 0.6 is 15.9 Å². The van der Waals surface area contributed by atoms with Gasteiger partial charge in [-0.2, -0.15) is 5.26 Å². The predicted octanol–water partition coefficient (Wildman–Crippen LogP) is 3.26. The van der Waals surface area contributed by atoms with Crippen molar-refractivity contribution in [2.45, 2.75) is 6.42 Å². The Bertz CT molecular complexity index is 589. The fourth-order valence-electron chi connectivity index (χ4n) is 1.65. The minimum Gasteiger partial charge on any atom is -0.343 e. The lowest BCUT2D eigenvalue weighted by Crippen LogP contribution is -2.20. The summed E-state index contributed by atoms with van der Waals surface area (Å²) in [6.07, 6.45) is 4.06. The summed E-state index contributed by atoms with van der Waals surface area (Å²) in [6.45, 7) is 0.632. The number of anilines is 1. The Hall–Kier alpha value is -1.93. The first-order valence-corrected chi connectivity index (χ1v) is 6.66. The van der Waals surface area contributed by atoms with E-state index < -0.39 is 0 Å². The summed E-state index contributed by atoms with van der Waals surface area (Å²) in [6, 6.07) is 10.1. The molecule has 1 heterocycles. The summed E-state index contributed by atoms with van der Waals surface area (Å²) >= 11 is 3.45. The molecule has 5 heteroatoms. The molecule has 0 fully saturated rings. The maximum atomic E-state index is 8.56. The van der Waals surface area contributed by atoms with Crippen LogP contribution in [0.15, 0.2) is 41.1 Å². The smallest absolute Gasteiger partial charge is 0.225 e. The topological polar surface area (TPSA) is 52.8 Å². The number of nitrogens with zero attached hydrogens (tertiary/aromatic N) is 4. The van der Waals surface area contributed by atoms with Crippen molar-refractivity contribution in [1.29, 1.82) is 5.26 Å². The van der Waals surface area contributed by atoms with E-state index in [0.717, 1.165) is 15.6 Å². The molecule has 0 aliphatic carbocycles. The van der Waals surface area contributed by atoms with Gasteiger partial charge in [0.1, 0.15) is 0 Å². The maximum Gasteiger partial charge on any atom is 0.225 e. The fourth-order valence-corrected chi connectivity index (χ4v) is 2.05. The van der Waals surface area contributed by atoms with Crippen LogP contribution in [0.1, 0.15) is 6.42 Å². The van der Waals surface area contributed by atoms with E-state index in [4.69, 9.17) is 5.26 Å². The zero-order chi connectivity index (χ0) is 13.7.